The zero-order valence-corrected chi connectivity index (χ0v) is 34.9. The van der Waals surface area contributed by atoms with E-state index in [2.05, 4.69) is 40.5 Å². The van der Waals surface area contributed by atoms with Crippen molar-refractivity contribution in [2.75, 3.05) is 73.0 Å². The van der Waals surface area contributed by atoms with Crippen molar-refractivity contribution in [3.8, 4) is 0 Å². The minimum Gasteiger partial charge on any atom is -1.00 e. The van der Waals surface area contributed by atoms with Crippen LogP contribution >= 0.6 is 23.2 Å². The summed E-state index contributed by atoms with van der Waals surface area (Å²) in [7, 11) is -9.58. The number of ether oxygens (including phenoxy) is 2. The number of hydrogen-bond donors (Lipinski definition) is 4. The number of aromatic nitrogens is 6. The van der Waals surface area contributed by atoms with Crippen LogP contribution in [-0.2, 0) is 29.7 Å². The molecule has 4 N–H and O–H groups in total. The van der Waals surface area contributed by atoms with Crippen LogP contribution in [0.4, 0.5) is 35.2 Å². The van der Waals surface area contributed by atoms with Gasteiger partial charge in [0.25, 0.3) is 20.2 Å². The quantitative estimate of drug-likeness (QED) is 0.0731. The Morgan fingerprint density at radius 3 is 1.35 bits per heavy atom. The summed E-state index contributed by atoms with van der Waals surface area (Å²) >= 11 is 12.2. The van der Waals surface area contributed by atoms with Crippen molar-refractivity contribution >= 4 is 90.8 Å². The van der Waals surface area contributed by atoms with E-state index in [0.29, 0.717) is 64.5 Å². The number of rotatable bonds is 10. The summed E-state index contributed by atoms with van der Waals surface area (Å²) in [6, 6.07) is 8.00. The molecular formula is C28H30Cl2N10Na2O8S2. The smallest absolute Gasteiger partial charge is 1.00 e. The van der Waals surface area contributed by atoms with E-state index in [0.717, 1.165) is 12.1 Å². The molecule has 2 saturated heterocycles. The summed E-state index contributed by atoms with van der Waals surface area (Å²) in [6.07, 6.45) is 2.53. The first-order valence-electron chi connectivity index (χ1n) is 14.8. The number of morpholine rings is 2. The standard InChI is InChI=1S/C28H28Cl2N10O8S2.2Na.2H/c29-23-33-25(37-27(35-23)39-7-11-47-12-8-39)31-19-5-3-17(21(15-19)49(41,42)43)1-2-18-4-6-20(16-22(18)50(44,45)46)32-26-34-24(30)36-28(38-26)40-9-13-48-14-10-40;;;;/h1-6,15-16H,7-14H2,(H,41,42,43)(H,44,45,46)(H,31,33,35,37)(H,32,34,36,38);;;;/q;2*+1;2*-1. The molecule has 268 valence electrons. The maximum Gasteiger partial charge on any atom is 1.00 e. The molecule has 2 aromatic heterocycles. The summed E-state index contributed by atoms with van der Waals surface area (Å²) in [4.78, 5) is 27.8. The fourth-order valence-electron chi connectivity index (χ4n) is 4.98. The van der Waals surface area contributed by atoms with Crippen LogP contribution in [-0.4, -0.2) is 108 Å². The second-order valence-corrected chi connectivity index (χ2v) is 14.1. The van der Waals surface area contributed by atoms with Gasteiger partial charge in [-0.15, -0.1) is 0 Å². The molecule has 0 bridgehead atoms. The Bertz CT molecular complexity index is 2020. The number of halogens is 2. The molecule has 0 saturated carbocycles. The predicted octanol–water partition coefficient (Wildman–Crippen LogP) is -2.58. The first kappa shape index (κ1) is 42.5. The average molecular weight is 816 g/mol. The van der Waals surface area contributed by atoms with Crippen LogP contribution < -0.4 is 79.5 Å². The van der Waals surface area contributed by atoms with Gasteiger partial charge in [-0.25, -0.2) is 0 Å². The molecule has 0 spiro atoms. The number of anilines is 6. The molecule has 2 aromatic carbocycles. The van der Waals surface area contributed by atoms with E-state index in [4.69, 9.17) is 32.7 Å². The van der Waals surface area contributed by atoms with Gasteiger partial charge >= 0.3 is 59.1 Å². The van der Waals surface area contributed by atoms with E-state index in [9.17, 15) is 25.9 Å². The van der Waals surface area contributed by atoms with Crippen LogP contribution in [0.25, 0.3) is 12.2 Å². The van der Waals surface area contributed by atoms with Gasteiger partial charge in [-0.2, -0.15) is 46.7 Å². The monoisotopic (exact) mass is 814 g/mol. The van der Waals surface area contributed by atoms with Crippen LogP contribution in [0.3, 0.4) is 0 Å². The molecule has 2 aliphatic heterocycles. The van der Waals surface area contributed by atoms with Crippen LogP contribution in [0.1, 0.15) is 14.0 Å². The maximum absolute atomic E-state index is 12.4. The van der Waals surface area contributed by atoms with Crippen molar-refractivity contribution in [1.82, 2.24) is 29.9 Å². The molecule has 4 heterocycles. The first-order valence-corrected chi connectivity index (χ1v) is 18.4. The number of nitrogens with zero attached hydrogens (tertiary/aromatic N) is 8. The Hall–Kier alpha value is -2.28. The van der Waals surface area contributed by atoms with Gasteiger partial charge in [0.15, 0.2) is 0 Å². The Labute approximate surface area is 355 Å². The molecule has 24 heteroatoms. The normalized spacial score (nSPS) is 15.2. The largest absolute Gasteiger partial charge is 1.00 e. The molecule has 2 fully saturated rings. The van der Waals surface area contributed by atoms with Gasteiger partial charge in [-0.05, 0) is 58.6 Å². The third-order valence-electron chi connectivity index (χ3n) is 7.32. The second-order valence-electron chi connectivity index (χ2n) is 10.7. The topological polar surface area (TPSA) is 235 Å². The van der Waals surface area contributed by atoms with Gasteiger partial charge in [0.2, 0.25) is 34.4 Å². The first-order chi connectivity index (χ1) is 23.8. The van der Waals surface area contributed by atoms with E-state index < -0.39 is 30.0 Å². The summed E-state index contributed by atoms with van der Waals surface area (Å²) in [5.41, 5.74) is 0.378. The molecule has 0 amide bonds. The van der Waals surface area contributed by atoms with Crippen molar-refractivity contribution in [3.05, 3.63) is 58.1 Å². The predicted molar refractivity (Wildman–Crippen MR) is 186 cm³/mol. The van der Waals surface area contributed by atoms with Crippen molar-refractivity contribution in [2.45, 2.75) is 9.79 Å². The molecular weight excluding hydrogens is 785 g/mol. The number of hydrogen-bond acceptors (Lipinski definition) is 16. The van der Waals surface area contributed by atoms with E-state index >= 15 is 0 Å². The minimum atomic E-state index is -4.79. The van der Waals surface area contributed by atoms with E-state index in [1.165, 1.54) is 36.4 Å². The fourth-order valence-corrected chi connectivity index (χ4v) is 6.72. The van der Waals surface area contributed by atoms with Gasteiger partial charge in [0, 0.05) is 37.6 Å². The second kappa shape index (κ2) is 18.4. The van der Waals surface area contributed by atoms with Crippen molar-refractivity contribution in [2.24, 2.45) is 0 Å². The molecule has 52 heavy (non-hydrogen) atoms. The van der Waals surface area contributed by atoms with Crippen LogP contribution in [0.2, 0.25) is 10.6 Å². The number of benzene rings is 2. The fraction of sp³-hybridized carbons (Fsp3) is 0.286. The zero-order chi connectivity index (χ0) is 35.5. The van der Waals surface area contributed by atoms with Gasteiger partial charge in [0.1, 0.15) is 9.79 Å². The van der Waals surface area contributed by atoms with Crippen LogP contribution in [0, 0.1) is 0 Å². The Kier molecular flexibility index (Phi) is 15.0. The molecule has 0 radical (unpaired) electrons. The Morgan fingerprint density at radius 2 is 1.00 bits per heavy atom. The molecule has 6 rings (SSSR count). The van der Waals surface area contributed by atoms with Crippen LogP contribution in [0.15, 0.2) is 46.2 Å². The molecule has 0 unspecified atom stereocenters. The SMILES string of the molecule is O=S(=O)(O)c1cc(Nc2nc(Cl)nc(N3CCOCC3)n2)ccc1C=Cc1ccc(Nc2nc(Cl)nc(N3CCOCC3)n2)cc1S(=O)(=O)O.[H-].[H-].[Na+].[Na+]. The van der Waals surface area contributed by atoms with E-state index in [1.807, 2.05) is 9.80 Å². The van der Waals surface area contributed by atoms with Crippen molar-refractivity contribution < 1.29 is 97.4 Å². The van der Waals surface area contributed by atoms with Gasteiger partial charge in [0.05, 0.1) is 26.4 Å². The van der Waals surface area contributed by atoms with E-state index in [1.54, 1.807) is 0 Å². The van der Waals surface area contributed by atoms with Crippen molar-refractivity contribution in [1.29, 1.82) is 0 Å². The summed E-state index contributed by atoms with van der Waals surface area (Å²) in [6.45, 7) is 4.09. The third kappa shape index (κ3) is 11.1. The summed E-state index contributed by atoms with van der Waals surface area (Å²) in [5, 5.41) is 5.54. The molecule has 2 aliphatic rings. The van der Waals surface area contributed by atoms with Gasteiger partial charge in [-0.1, -0.05) is 24.3 Å². The molecule has 4 aromatic rings. The van der Waals surface area contributed by atoms with Gasteiger partial charge in [-0.3, -0.25) is 9.11 Å². The molecule has 18 nitrogen and oxygen atoms in total. The number of nitrogens with one attached hydrogen (secondary N) is 2. The zero-order valence-electron chi connectivity index (χ0n) is 29.8. The van der Waals surface area contributed by atoms with Gasteiger partial charge < -0.3 is 32.8 Å². The third-order valence-corrected chi connectivity index (χ3v) is 9.47. The average Bonchev–Trinajstić information content (AvgIpc) is 3.07. The summed E-state index contributed by atoms with van der Waals surface area (Å²) in [5.74, 6) is 0.658. The molecule has 0 aliphatic carbocycles. The molecule has 0 atom stereocenters. The van der Waals surface area contributed by atoms with E-state index in [-0.39, 0.29) is 107 Å². The summed E-state index contributed by atoms with van der Waals surface area (Å²) < 4.78 is 80.4. The Balaban J connectivity index is 0.00000252. The van der Waals surface area contributed by atoms with Crippen molar-refractivity contribution in [3.63, 3.8) is 0 Å². The van der Waals surface area contributed by atoms with Crippen LogP contribution in [0.5, 0.6) is 0 Å². The Morgan fingerprint density at radius 1 is 0.635 bits per heavy atom. The minimum absolute atomic E-state index is 0. The maximum atomic E-state index is 12.4.